The summed E-state index contributed by atoms with van der Waals surface area (Å²) >= 11 is 0. The highest BCUT2D eigenvalue weighted by Gasteiger charge is 2.32. The lowest BCUT2D eigenvalue weighted by molar-refractivity contribution is -0.145. The van der Waals surface area contributed by atoms with Crippen molar-refractivity contribution in [3.8, 4) is 0 Å². The maximum Gasteiger partial charge on any atom is 0.328 e. The zero-order chi connectivity index (χ0) is 31.0. The van der Waals surface area contributed by atoms with Crippen molar-refractivity contribution in [2.75, 3.05) is 7.11 Å². The summed E-state index contributed by atoms with van der Waals surface area (Å²) in [6.07, 6.45) is -2.46. The molecular formula is C23H30N4O5. The van der Waals surface area contributed by atoms with Gasteiger partial charge in [-0.2, -0.15) is 0 Å². The van der Waals surface area contributed by atoms with Gasteiger partial charge >= 0.3 is 5.97 Å². The molecule has 1 aromatic heterocycles. The Morgan fingerprint density at radius 2 is 2.06 bits per heavy atom. The van der Waals surface area contributed by atoms with Gasteiger partial charge in [0.2, 0.25) is 17.7 Å². The fourth-order valence-corrected chi connectivity index (χ4v) is 3.48. The normalized spacial score (nSPS) is 23.3. The minimum absolute atomic E-state index is 0.0298. The summed E-state index contributed by atoms with van der Waals surface area (Å²) in [6.45, 7) is -7.61. The molecule has 2 aromatic rings. The number of H-pyrrole nitrogens is 1. The zero-order valence-electron chi connectivity index (χ0n) is 26.3. The number of fused-ring (bicyclic) bond motifs is 1. The highest BCUT2D eigenvalue weighted by Crippen LogP contribution is 2.19. The van der Waals surface area contributed by atoms with Crippen molar-refractivity contribution < 1.29 is 36.3 Å². The monoisotopic (exact) mass is 460 g/mol. The van der Waals surface area contributed by atoms with Gasteiger partial charge in [-0.25, -0.2) is 4.79 Å². The number of esters is 1. The van der Waals surface area contributed by atoms with Crippen molar-refractivity contribution in [2.45, 2.75) is 57.5 Å². The van der Waals surface area contributed by atoms with Crippen LogP contribution in [0.5, 0.6) is 0 Å². The maximum absolute atomic E-state index is 13.6. The average Bonchev–Trinajstić information content (AvgIpc) is 3.50. The van der Waals surface area contributed by atoms with Gasteiger partial charge in [-0.1, -0.05) is 31.9 Å². The Morgan fingerprint density at radius 1 is 1.28 bits per heavy atom. The number of methoxy groups -OCH3 is 1. The van der Waals surface area contributed by atoms with E-state index in [1.807, 2.05) is 5.32 Å². The molecule has 0 saturated carbocycles. The predicted molar refractivity (Wildman–Crippen MR) is 118 cm³/mol. The van der Waals surface area contributed by atoms with E-state index in [4.69, 9.17) is 17.1 Å². The SMILES string of the molecule is [3H]C([3H])([3H])C([3H])(C([3H])([3H])[3H])C([3H])([3H])[C@H](NC(=O)[C@@H]1CCC(=O)N1)C(=O)N[C@@H](Cc1c[nH]c2ccccc12)C(=O)OC. The van der Waals surface area contributed by atoms with Gasteiger partial charge in [0, 0.05) is 42.3 Å². The lowest BCUT2D eigenvalue weighted by atomic mass is 10.0. The molecule has 0 unspecified atom stereocenters. The van der Waals surface area contributed by atoms with Crippen LogP contribution in [0.15, 0.2) is 30.5 Å². The van der Waals surface area contributed by atoms with Gasteiger partial charge in [0.1, 0.15) is 18.1 Å². The van der Waals surface area contributed by atoms with Crippen LogP contribution in [0.1, 0.15) is 50.8 Å². The summed E-state index contributed by atoms with van der Waals surface area (Å²) in [4.78, 5) is 53.8. The number of carbonyl (C=O) groups is 4. The number of carbonyl (C=O) groups excluding carboxylic acids is 4. The topological polar surface area (TPSA) is 129 Å². The number of para-hydroxylation sites is 1. The van der Waals surface area contributed by atoms with E-state index in [1.165, 1.54) is 0 Å². The molecule has 172 valence electrons. The van der Waals surface area contributed by atoms with Crippen LogP contribution in [0.25, 0.3) is 10.9 Å². The highest BCUT2D eigenvalue weighted by molar-refractivity contribution is 5.95. The molecule has 2 heterocycles. The van der Waals surface area contributed by atoms with E-state index < -0.39 is 67.8 Å². The third-order valence-electron chi connectivity index (χ3n) is 5.05. The van der Waals surface area contributed by atoms with E-state index in [0.717, 1.165) is 7.11 Å². The minimum Gasteiger partial charge on any atom is -0.467 e. The molecule has 1 aliphatic heterocycles. The van der Waals surface area contributed by atoms with E-state index in [1.54, 1.807) is 30.5 Å². The molecule has 0 aliphatic carbocycles. The molecule has 3 amide bonds. The first-order valence-electron chi connectivity index (χ1n) is 14.4. The quantitative estimate of drug-likeness (QED) is 0.418. The van der Waals surface area contributed by atoms with E-state index >= 15 is 0 Å². The molecule has 0 spiro atoms. The van der Waals surface area contributed by atoms with Gasteiger partial charge in [0.15, 0.2) is 0 Å². The average molecular weight is 461 g/mol. The van der Waals surface area contributed by atoms with Gasteiger partial charge in [0.25, 0.3) is 0 Å². The fourth-order valence-electron chi connectivity index (χ4n) is 3.48. The van der Waals surface area contributed by atoms with Crippen molar-refractivity contribution in [1.82, 2.24) is 20.9 Å². The Morgan fingerprint density at radius 3 is 2.75 bits per heavy atom. The summed E-state index contributed by atoms with van der Waals surface area (Å²) in [5.74, 6) is -7.98. The number of benzene rings is 1. The fraction of sp³-hybridized carbons (Fsp3) is 0.478. The third-order valence-corrected chi connectivity index (χ3v) is 5.05. The second-order valence-electron chi connectivity index (χ2n) is 7.27. The van der Waals surface area contributed by atoms with Crippen LogP contribution in [0, 0.1) is 5.89 Å². The maximum atomic E-state index is 13.6. The molecule has 1 aromatic carbocycles. The molecule has 9 heteroatoms. The number of hydrogen-bond acceptors (Lipinski definition) is 5. The van der Waals surface area contributed by atoms with Gasteiger partial charge in [0.05, 0.1) is 7.11 Å². The second kappa shape index (κ2) is 10.3. The number of nitrogens with one attached hydrogen (secondary N) is 4. The van der Waals surface area contributed by atoms with E-state index in [2.05, 4.69) is 15.6 Å². The minimum atomic E-state index is -3.92. The Labute approximate surface area is 199 Å². The molecule has 0 radical (unpaired) electrons. The summed E-state index contributed by atoms with van der Waals surface area (Å²) in [6, 6.07) is 1.71. The molecule has 1 aliphatic rings. The molecular weight excluding hydrogens is 412 g/mol. The first-order valence-corrected chi connectivity index (χ1v) is 9.88. The summed E-state index contributed by atoms with van der Waals surface area (Å²) in [7, 11) is 1.04. The summed E-state index contributed by atoms with van der Waals surface area (Å²) in [5, 5.41) is 7.25. The Hall–Kier alpha value is -3.36. The van der Waals surface area contributed by atoms with Gasteiger partial charge in [-0.15, -0.1) is 0 Å². The van der Waals surface area contributed by atoms with E-state index in [0.29, 0.717) is 16.5 Å². The zero-order valence-corrected chi connectivity index (χ0v) is 17.3. The first kappa shape index (κ1) is 13.9. The molecule has 0 bridgehead atoms. The van der Waals surface area contributed by atoms with Crippen molar-refractivity contribution in [3.63, 3.8) is 0 Å². The molecule has 32 heavy (non-hydrogen) atoms. The summed E-state index contributed by atoms with van der Waals surface area (Å²) in [5.41, 5.74) is 1.26. The number of rotatable bonds is 9. The van der Waals surface area contributed by atoms with Crippen molar-refractivity contribution in [3.05, 3.63) is 36.0 Å². The molecule has 3 atom stereocenters. The largest absolute Gasteiger partial charge is 0.467 e. The van der Waals surface area contributed by atoms with Crippen LogP contribution in [0.4, 0.5) is 0 Å². The molecule has 3 rings (SSSR count). The van der Waals surface area contributed by atoms with Crippen molar-refractivity contribution >= 4 is 34.6 Å². The highest BCUT2D eigenvalue weighted by atomic mass is 16.5. The third kappa shape index (κ3) is 5.66. The lowest BCUT2D eigenvalue weighted by Crippen LogP contribution is -2.55. The van der Waals surface area contributed by atoms with Crippen LogP contribution in [0.2, 0.25) is 0 Å². The van der Waals surface area contributed by atoms with Gasteiger partial charge in [-0.3, -0.25) is 14.4 Å². The number of hydrogen-bond donors (Lipinski definition) is 4. The molecule has 1 saturated heterocycles. The number of ether oxygens (including phenoxy) is 1. The second-order valence-corrected chi connectivity index (χ2v) is 7.27. The number of aromatic nitrogens is 1. The van der Waals surface area contributed by atoms with Crippen LogP contribution < -0.4 is 16.0 Å². The molecule has 1 fully saturated rings. The van der Waals surface area contributed by atoms with Crippen molar-refractivity contribution in [2.24, 2.45) is 5.89 Å². The standard InChI is InChI=1S/C23H30N4O5/c1-13(2)10-18(26-21(29)17-8-9-20(28)25-17)22(30)27-19(23(31)32-3)11-14-12-24-16-7-5-4-6-15(14)16/h4-7,12-13,17-19,24H,8-11H2,1-3H3,(H,25,28)(H,26,29)(H,27,30)/t17-,18-,19-/m0/s1/i1T3,2T3,10T2,13T. The van der Waals surface area contributed by atoms with E-state index in [-0.39, 0.29) is 19.3 Å². The molecule has 9 nitrogen and oxygen atoms in total. The predicted octanol–water partition coefficient (Wildman–Crippen LogP) is 1.18. The number of amides is 3. The summed E-state index contributed by atoms with van der Waals surface area (Å²) < 4.78 is 76.6. The Bertz CT molecular complexity index is 1310. The van der Waals surface area contributed by atoms with Crippen LogP contribution in [-0.4, -0.2) is 53.9 Å². The molecule has 4 N–H and O–H groups in total. The van der Waals surface area contributed by atoms with E-state index in [9.17, 15) is 19.2 Å². The Balaban J connectivity index is 2.03. The Kier molecular flexibility index (Phi) is 4.48. The smallest absolute Gasteiger partial charge is 0.328 e. The number of aromatic amines is 1. The van der Waals surface area contributed by atoms with Crippen LogP contribution >= 0.6 is 0 Å². The van der Waals surface area contributed by atoms with Crippen molar-refractivity contribution in [1.29, 1.82) is 0 Å². The van der Waals surface area contributed by atoms with Crippen LogP contribution in [0.3, 0.4) is 0 Å². The van der Waals surface area contributed by atoms with Gasteiger partial charge < -0.3 is 25.7 Å². The van der Waals surface area contributed by atoms with Gasteiger partial charge in [-0.05, 0) is 30.3 Å². The lowest BCUT2D eigenvalue weighted by Gasteiger charge is -2.24. The first-order chi connectivity index (χ1) is 18.8. The van der Waals surface area contributed by atoms with Crippen LogP contribution in [-0.2, 0) is 30.3 Å².